The van der Waals surface area contributed by atoms with Crippen molar-refractivity contribution in [2.75, 3.05) is 6.61 Å². The van der Waals surface area contributed by atoms with Crippen molar-refractivity contribution in [3.05, 3.63) is 35.4 Å². The molecule has 0 aliphatic heterocycles. The van der Waals surface area contributed by atoms with E-state index in [2.05, 4.69) is 5.92 Å². The molecule has 0 spiro atoms. The van der Waals surface area contributed by atoms with E-state index in [0.717, 1.165) is 5.56 Å². The number of aliphatic carboxylic acids is 1. The summed E-state index contributed by atoms with van der Waals surface area (Å²) in [6.07, 6.45) is 5.42. The highest BCUT2D eigenvalue weighted by Gasteiger charge is 2.48. The Labute approximate surface area is 118 Å². The van der Waals surface area contributed by atoms with Crippen molar-refractivity contribution in [3.8, 4) is 12.3 Å². The van der Waals surface area contributed by atoms with Crippen molar-refractivity contribution in [3.63, 3.8) is 0 Å². The molecule has 0 radical (unpaired) electrons. The van der Waals surface area contributed by atoms with Gasteiger partial charge in [-0.15, -0.1) is 12.3 Å². The van der Waals surface area contributed by atoms with Gasteiger partial charge in [-0.3, -0.25) is 9.59 Å². The van der Waals surface area contributed by atoms with Gasteiger partial charge >= 0.3 is 11.9 Å². The van der Waals surface area contributed by atoms with E-state index in [4.69, 9.17) is 11.2 Å². The van der Waals surface area contributed by atoms with Crippen molar-refractivity contribution in [1.82, 2.24) is 0 Å². The number of ether oxygens (including phenoxy) is 1. The molecule has 0 saturated heterocycles. The Balaban J connectivity index is 3.40. The number of rotatable bonds is 6. The summed E-state index contributed by atoms with van der Waals surface area (Å²) in [5.74, 6) is 0.379. The van der Waals surface area contributed by atoms with Crippen molar-refractivity contribution in [2.24, 2.45) is 0 Å². The van der Waals surface area contributed by atoms with E-state index in [9.17, 15) is 14.7 Å². The molecule has 0 amide bonds. The van der Waals surface area contributed by atoms with Crippen LogP contribution < -0.4 is 0 Å². The van der Waals surface area contributed by atoms with Gasteiger partial charge in [0.05, 0.1) is 6.61 Å². The zero-order valence-electron chi connectivity index (χ0n) is 11.7. The molecule has 0 aliphatic carbocycles. The summed E-state index contributed by atoms with van der Waals surface area (Å²) in [7, 11) is 0. The summed E-state index contributed by atoms with van der Waals surface area (Å²) in [4.78, 5) is 24.0. The molecule has 20 heavy (non-hydrogen) atoms. The Morgan fingerprint density at radius 3 is 2.65 bits per heavy atom. The maximum Gasteiger partial charge on any atom is 0.328 e. The second-order valence-corrected chi connectivity index (χ2v) is 4.50. The topological polar surface area (TPSA) is 63.6 Å². The number of carboxylic acid groups (broad SMARTS) is 1. The summed E-state index contributed by atoms with van der Waals surface area (Å²) in [6.45, 7) is 3.60. The monoisotopic (exact) mass is 274 g/mol. The van der Waals surface area contributed by atoms with Crippen molar-refractivity contribution >= 4 is 11.9 Å². The molecule has 0 fully saturated rings. The normalized spacial score (nSPS) is 13.1. The van der Waals surface area contributed by atoms with Crippen LogP contribution in [-0.2, 0) is 19.7 Å². The van der Waals surface area contributed by atoms with Gasteiger partial charge in [-0.2, -0.15) is 0 Å². The fourth-order valence-corrected chi connectivity index (χ4v) is 2.11. The van der Waals surface area contributed by atoms with Crippen LogP contribution in [0.1, 0.15) is 30.9 Å². The predicted octanol–water partition coefficient (Wildman–Crippen LogP) is 2.29. The lowest BCUT2D eigenvalue weighted by Crippen LogP contribution is -2.45. The maximum atomic E-state index is 12.3. The standard InChI is InChI=1S/C16H18O4/c1-4-6-10-16(14(17)18,15(19)20-5-2)13-9-7-8-12(3)11-13/h1,7-9,11H,5-6,10H2,2-3H3,(H,17,18). The van der Waals surface area contributed by atoms with Gasteiger partial charge < -0.3 is 9.84 Å². The van der Waals surface area contributed by atoms with Crippen molar-refractivity contribution < 1.29 is 19.4 Å². The number of terminal acetylenes is 1. The van der Waals surface area contributed by atoms with Gasteiger partial charge in [0.15, 0.2) is 5.41 Å². The SMILES string of the molecule is C#CCCC(C(=O)O)(C(=O)OCC)c1cccc(C)c1. The minimum Gasteiger partial charge on any atom is -0.480 e. The van der Waals surface area contributed by atoms with Gasteiger partial charge in [0.2, 0.25) is 0 Å². The smallest absolute Gasteiger partial charge is 0.328 e. The zero-order chi connectivity index (χ0) is 15.2. The molecule has 1 atom stereocenters. The Morgan fingerprint density at radius 1 is 1.45 bits per heavy atom. The number of carboxylic acids is 1. The Morgan fingerprint density at radius 2 is 2.15 bits per heavy atom. The summed E-state index contributed by atoms with van der Waals surface area (Å²) >= 11 is 0. The summed E-state index contributed by atoms with van der Waals surface area (Å²) in [5, 5.41) is 9.62. The molecular formula is C16H18O4. The van der Waals surface area contributed by atoms with Crippen LogP contribution in [0.3, 0.4) is 0 Å². The van der Waals surface area contributed by atoms with Gasteiger partial charge in [-0.1, -0.05) is 29.8 Å². The lowest BCUT2D eigenvalue weighted by atomic mass is 9.76. The van der Waals surface area contributed by atoms with Crippen LogP contribution in [-0.4, -0.2) is 23.7 Å². The molecule has 1 aromatic carbocycles. The molecule has 0 heterocycles. The third kappa shape index (κ3) is 3.00. The minimum absolute atomic E-state index is 0.0150. The van der Waals surface area contributed by atoms with Gasteiger partial charge in [-0.25, -0.2) is 0 Å². The van der Waals surface area contributed by atoms with Crippen molar-refractivity contribution in [1.29, 1.82) is 0 Å². The highest BCUT2D eigenvalue weighted by molar-refractivity contribution is 6.05. The van der Waals surface area contributed by atoms with Gasteiger partial charge in [0, 0.05) is 6.42 Å². The fourth-order valence-electron chi connectivity index (χ4n) is 2.11. The molecule has 4 nitrogen and oxygen atoms in total. The van der Waals surface area contributed by atoms with E-state index in [1.54, 1.807) is 25.1 Å². The summed E-state index contributed by atoms with van der Waals surface area (Å²) in [5.41, 5.74) is -0.467. The first kappa shape index (κ1) is 15.8. The van der Waals surface area contributed by atoms with Gasteiger partial charge in [0.25, 0.3) is 0 Å². The quantitative estimate of drug-likeness (QED) is 0.491. The average Bonchev–Trinajstić information content (AvgIpc) is 2.39. The average molecular weight is 274 g/mol. The number of carbonyl (C=O) groups is 2. The number of carbonyl (C=O) groups excluding carboxylic acids is 1. The van der Waals surface area contributed by atoms with E-state index < -0.39 is 17.4 Å². The number of hydrogen-bond donors (Lipinski definition) is 1. The maximum absolute atomic E-state index is 12.3. The molecule has 1 aromatic rings. The Hall–Kier alpha value is -2.28. The lowest BCUT2D eigenvalue weighted by molar-refractivity contribution is -0.162. The molecule has 1 N–H and O–H groups in total. The highest BCUT2D eigenvalue weighted by atomic mass is 16.5. The molecule has 106 valence electrons. The molecule has 0 aromatic heterocycles. The first-order valence-corrected chi connectivity index (χ1v) is 6.40. The third-order valence-electron chi connectivity index (χ3n) is 3.14. The van der Waals surface area contributed by atoms with Crippen LogP contribution in [0.25, 0.3) is 0 Å². The largest absolute Gasteiger partial charge is 0.480 e. The molecule has 4 heteroatoms. The third-order valence-corrected chi connectivity index (χ3v) is 3.14. The van der Waals surface area contributed by atoms with Gasteiger partial charge in [0.1, 0.15) is 0 Å². The molecule has 0 saturated carbocycles. The second kappa shape index (κ2) is 6.76. The van der Waals surface area contributed by atoms with Crippen LogP contribution in [0.15, 0.2) is 24.3 Å². The van der Waals surface area contributed by atoms with Gasteiger partial charge in [-0.05, 0) is 25.8 Å². The Bertz CT molecular complexity index is 542. The first-order valence-electron chi connectivity index (χ1n) is 6.40. The summed E-state index contributed by atoms with van der Waals surface area (Å²) < 4.78 is 4.97. The molecule has 0 bridgehead atoms. The summed E-state index contributed by atoms with van der Waals surface area (Å²) in [6, 6.07) is 6.86. The van der Waals surface area contributed by atoms with Crippen LogP contribution in [0.4, 0.5) is 0 Å². The molecular weight excluding hydrogens is 256 g/mol. The minimum atomic E-state index is -1.74. The lowest BCUT2D eigenvalue weighted by Gasteiger charge is -2.27. The van der Waals surface area contributed by atoms with Crippen LogP contribution in [0.5, 0.6) is 0 Å². The van der Waals surface area contributed by atoms with E-state index in [1.165, 1.54) is 0 Å². The second-order valence-electron chi connectivity index (χ2n) is 4.50. The number of benzene rings is 1. The highest BCUT2D eigenvalue weighted by Crippen LogP contribution is 2.32. The number of hydrogen-bond acceptors (Lipinski definition) is 3. The van der Waals surface area contributed by atoms with E-state index in [0.29, 0.717) is 5.56 Å². The van der Waals surface area contributed by atoms with E-state index >= 15 is 0 Å². The molecule has 0 aliphatic rings. The zero-order valence-corrected chi connectivity index (χ0v) is 11.7. The Kier molecular flexibility index (Phi) is 5.33. The van der Waals surface area contributed by atoms with Crippen LogP contribution >= 0.6 is 0 Å². The molecule has 1 unspecified atom stereocenters. The fraction of sp³-hybridized carbons (Fsp3) is 0.375. The number of aryl methyl sites for hydroxylation is 1. The first-order chi connectivity index (χ1) is 9.48. The molecule has 1 rings (SSSR count). The number of esters is 1. The van der Waals surface area contributed by atoms with Crippen molar-refractivity contribution in [2.45, 2.75) is 32.1 Å². The predicted molar refractivity (Wildman–Crippen MR) is 75.2 cm³/mol. The van der Waals surface area contributed by atoms with E-state index in [1.807, 2.05) is 13.0 Å². The van der Waals surface area contributed by atoms with Crippen LogP contribution in [0, 0.1) is 19.3 Å². The van der Waals surface area contributed by atoms with Crippen LogP contribution in [0.2, 0.25) is 0 Å². The van der Waals surface area contributed by atoms with E-state index in [-0.39, 0.29) is 19.4 Å².